The lowest BCUT2D eigenvalue weighted by atomic mass is 9.88. The van der Waals surface area contributed by atoms with Gasteiger partial charge in [-0.1, -0.05) is 94.1 Å². The van der Waals surface area contributed by atoms with Gasteiger partial charge in [-0.3, -0.25) is 0 Å². The summed E-state index contributed by atoms with van der Waals surface area (Å²) in [5.74, 6) is 0.819. The first-order valence-corrected chi connectivity index (χ1v) is 10.3. The fourth-order valence-corrected chi connectivity index (χ4v) is 2.85. The van der Waals surface area contributed by atoms with Crippen molar-refractivity contribution < 1.29 is 19.2 Å². The fourth-order valence-electron chi connectivity index (χ4n) is 2.85. The number of hydrogen-bond acceptors (Lipinski definition) is 1. The predicted molar refractivity (Wildman–Crippen MR) is 103 cm³/mol. The van der Waals surface area contributed by atoms with Gasteiger partial charge in [0.05, 0.1) is 0 Å². The molecule has 0 bridgehead atoms. The van der Waals surface area contributed by atoms with E-state index in [-0.39, 0.29) is 0 Å². The average Bonchev–Trinajstić information content (AvgIpc) is 2.58. The van der Waals surface area contributed by atoms with Crippen molar-refractivity contribution in [3.8, 4) is 11.1 Å². The van der Waals surface area contributed by atoms with Crippen LogP contribution in [0.25, 0.3) is 11.1 Å². The maximum Gasteiger partial charge on any atom is 0.466 e. The molecule has 0 saturated carbocycles. The Labute approximate surface area is 150 Å². The summed E-state index contributed by atoms with van der Waals surface area (Å²) in [7, 11) is -4.64. The molecule has 25 heavy (non-hydrogen) atoms. The summed E-state index contributed by atoms with van der Waals surface area (Å²) >= 11 is 0. The third-order valence-electron chi connectivity index (χ3n) is 4.15. The molecular weight excluding hydrogens is 335 g/mol. The first kappa shape index (κ1) is 21.6. The van der Waals surface area contributed by atoms with E-state index >= 15 is 0 Å². The second-order valence-electron chi connectivity index (χ2n) is 6.16. The van der Waals surface area contributed by atoms with Crippen LogP contribution < -0.4 is 0 Å². The molecule has 0 aromatic heterocycles. The molecule has 0 aliphatic heterocycles. The number of hydrogen-bond donors (Lipinski definition) is 3. The van der Waals surface area contributed by atoms with Crippen molar-refractivity contribution in [1.29, 1.82) is 0 Å². The molecule has 1 unspecified atom stereocenters. The molecule has 5 heteroatoms. The zero-order valence-electron chi connectivity index (χ0n) is 15.0. The van der Waals surface area contributed by atoms with Crippen LogP contribution >= 0.6 is 7.82 Å². The van der Waals surface area contributed by atoms with Crippen LogP contribution in [0.2, 0.25) is 0 Å². The topological polar surface area (TPSA) is 77.8 Å². The molecule has 2 rings (SSSR count). The van der Waals surface area contributed by atoms with E-state index in [1.54, 1.807) is 0 Å². The molecule has 138 valence electrons. The molecule has 1 atom stereocenters. The lowest BCUT2D eigenvalue weighted by molar-refractivity contribution is 0.275. The molecule has 2 aromatic rings. The van der Waals surface area contributed by atoms with Gasteiger partial charge in [-0.15, -0.1) is 0 Å². The van der Waals surface area contributed by atoms with Gasteiger partial charge in [-0.25, -0.2) is 4.57 Å². The molecule has 0 amide bonds. The Morgan fingerprint density at radius 1 is 0.920 bits per heavy atom. The molecule has 4 nitrogen and oxygen atoms in total. The lowest BCUT2D eigenvalue weighted by Gasteiger charge is -2.17. The lowest BCUT2D eigenvalue weighted by Crippen LogP contribution is -2.04. The van der Waals surface area contributed by atoms with E-state index in [9.17, 15) is 0 Å². The van der Waals surface area contributed by atoms with Crippen LogP contribution in [0.3, 0.4) is 0 Å². The van der Waals surface area contributed by atoms with Crippen LogP contribution in [-0.2, 0) is 11.0 Å². The standard InChI is InChI=1S/C20H26.H3O4P/c1-3-5-11-17(4-2)16-19-14-9-10-15-20(19)18-12-7-6-8-13-18;1-5(2,3)4/h6-10,12-15,17H,3-5,11,16H2,1-2H3;(H3,1,2,3,4). The van der Waals surface area contributed by atoms with E-state index in [0.29, 0.717) is 0 Å². The fraction of sp³-hybridized carbons (Fsp3) is 0.400. The SMILES string of the molecule is CCCCC(CC)Cc1ccccc1-c1ccccc1.O=P(O)(O)O. The highest BCUT2D eigenvalue weighted by Gasteiger charge is 2.11. The second-order valence-corrected chi connectivity index (χ2v) is 7.18. The van der Waals surface area contributed by atoms with Crippen LogP contribution in [0.5, 0.6) is 0 Å². The summed E-state index contributed by atoms with van der Waals surface area (Å²) in [6, 6.07) is 19.7. The van der Waals surface area contributed by atoms with Crippen molar-refractivity contribution in [1.82, 2.24) is 0 Å². The second kappa shape index (κ2) is 11.2. The number of benzene rings is 2. The molecule has 0 saturated heterocycles. The Balaban J connectivity index is 0.000000550. The zero-order chi connectivity index (χ0) is 18.7. The minimum absolute atomic E-state index is 0.819. The van der Waals surface area contributed by atoms with Gasteiger partial charge in [-0.05, 0) is 29.0 Å². The van der Waals surface area contributed by atoms with E-state index < -0.39 is 7.82 Å². The number of phosphoric acid groups is 1. The zero-order valence-corrected chi connectivity index (χ0v) is 15.9. The molecule has 0 heterocycles. The van der Waals surface area contributed by atoms with Gasteiger partial charge in [0.25, 0.3) is 0 Å². The summed E-state index contributed by atoms with van der Waals surface area (Å²) in [5, 5.41) is 0. The summed E-state index contributed by atoms with van der Waals surface area (Å²) < 4.78 is 8.88. The Morgan fingerprint density at radius 3 is 2.04 bits per heavy atom. The first-order valence-electron chi connectivity index (χ1n) is 8.76. The monoisotopic (exact) mass is 364 g/mol. The minimum atomic E-state index is -4.64. The van der Waals surface area contributed by atoms with Crippen molar-refractivity contribution in [3.63, 3.8) is 0 Å². The van der Waals surface area contributed by atoms with Crippen LogP contribution in [0.4, 0.5) is 0 Å². The minimum Gasteiger partial charge on any atom is -0.303 e. The molecule has 2 aromatic carbocycles. The van der Waals surface area contributed by atoms with Crippen molar-refractivity contribution in [2.24, 2.45) is 5.92 Å². The largest absolute Gasteiger partial charge is 0.466 e. The van der Waals surface area contributed by atoms with E-state index in [1.165, 1.54) is 48.8 Å². The third kappa shape index (κ3) is 9.57. The molecule has 0 spiro atoms. The van der Waals surface area contributed by atoms with Gasteiger partial charge in [0.2, 0.25) is 0 Å². The van der Waals surface area contributed by atoms with Gasteiger partial charge in [0, 0.05) is 0 Å². The van der Waals surface area contributed by atoms with Gasteiger partial charge in [0.1, 0.15) is 0 Å². The van der Waals surface area contributed by atoms with Crippen LogP contribution in [0.15, 0.2) is 54.6 Å². The van der Waals surface area contributed by atoms with E-state index in [4.69, 9.17) is 19.2 Å². The maximum absolute atomic E-state index is 8.88. The molecular formula is C20H29O4P. The molecule has 0 radical (unpaired) electrons. The van der Waals surface area contributed by atoms with Crippen LogP contribution in [-0.4, -0.2) is 14.7 Å². The van der Waals surface area contributed by atoms with E-state index in [2.05, 4.69) is 68.4 Å². The first-order chi connectivity index (χ1) is 11.8. The maximum atomic E-state index is 8.88. The molecule has 0 aliphatic carbocycles. The summed E-state index contributed by atoms with van der Waals surface area (Å²) in [4.78, 5) is 21.6. The van der Waals surface area contributed by atoms with Crippen molar-refractivity contribution in [2.45, 2.75) is 46.0 Å². The Hall–Kier alpha value is -1.45. The normalized spacial score (nSPS) is 12.2. The Morgan fingerprint density at radius 2 is 1.48 bits per heavy atom. The summed E-state index contributed by atoms with van der Waals surface area (Å²) in [5.41, 5.74) is 4.25. The van der Waals surface area contributed by atoms with Gasteiger partial charge >= 0.3 is 7.82 Å². The van der Waals surface area contributed by atoms with Gasteiger partial charge in [0.15, 0.2) is 0 Å². The van der Waals surface area contributed by atoms with Crippen molar-refractivity contribution >= 4 is 7.82 Å². The quantitative estimate of drug-likeness (QED) is 0.591. The Kier molecular flexibility index (Phi) is 9.69. The van der Waals surface area contributed by atoms with Crippen molar-refractivity contribution in [2.75, 3.05) is 0 Å². The van der Waals surface area contributed by atoms with Crippen LogP contribution in [0, 0.1) is 5.92 Å². The smallest absolute Gasteiger partial charge is 0.303 e. The van der Waals surface area contributed by atoms with E-state index in [1.807, 2.05) is 0 Å². The molecule has 3 N–H and O–H groups in total. The number of rotatable bonds is 7. The van der Waals surface area contributed by atoms with Crippen LogP contribution in [0.1, 0.15) is 45.1 Å². The average molecular weight is 364 g/mol. The van der Waals surface area contributed by atoms with Gasteiger partial charge < -0.3 is 14.7 Å². The molecule has 0 fully saturated rings. The Bertz CT molecular complexity index is 643. The number of unbranched alkanes of at least 4 members (excludes halogenated alkanes) is 1. The third-order valence-corrected chi connectivity index (χ3v) is 4.15. The summed E-state index contributed by atoms with van der Waals surface area (Å²) in [6.07, 6.45) is 6.50. The molecule has 0 aliphatic rings. The van der Waals surface area contributed by atoms with Gasteiger partial charge in [-0.2, -0.15) is 0 Å². The summed E-state index contributed by atoms with van der Waals surface area (Å²) in [6.45, 7) is 4.61. The highest BCUT2D eigenvalue weighted by molar-refractivity contribution is 7.45. The predicted octanol–water partition coefficient (Wildman–Crippen LogP) is 5.18. The van der Waals surface area contributed by atoms with E-state index in [0.717, 1.165) is 5.92 Å². The van der Waals surface area contributed by atoms with Crippen molar-refractivity contribution in [3.05, 3.63) is 60.2 Å². The highest BCUT2D eigenvalue weighted by atomic mass is 31.2. The highest BCUT2D eigenvalue weighted by Crippen LogP contribution is 2.28.